The van der Waals surface area contributed by atoms with Gasteiger partial charge in [-0.2, -0.15) is 13.2 Å². The smallest absolute Gasteiger partial charge is 0.399 e. The molecule has 0 N–H and O–H groups in total. The molecule has 1 heterocycles. The van der Waals surface area contributed by atoms with E-state index < -0.39 is 38.3 Å². The number of hydroxylamine groups is 1. The van der Waals surface area contributed by atoms with E-state index in [1.165, 1.54) is 4.47 Å². The standard InChI is InChI=1S/C16H16F3NO4S2/c1-8-13(15(9-3-4-9)24-20(8)25)14(21)11-6-5-10(16(17,18)19)7-12(11)26(2,22)23/h5-9,25H,3-4H2,1-2H3. The molecular formula is C16H16F3NO4S2. The molecule has 142 valence electrons. The van der Waals surface area contributed by atoms with Crippen LogP contribution in [0.15, 0.2) is 34.4 Å². The molecule has 0 radical (unpaired) electrons. The van der Waals surface area contributed by atoms with Crippen molar-refractivity contribution >= 4 is 28.4 Å². The van der Waals surface area contributed by atoms with Gasteiger partial charge in [0.25, 0.3) is 0 Å². The van der Waals surface area contributed by atoms with Crippen LogP contribution < -0.4 is 0 Å². The Balaban J connectivity index is 2.14. The van der Waals surface area contributed by atoms with Crippen molar-refractivity contribution < 1.29 is 31.2 Å². The van der Waals surface area contributed by atoms with Crippen molar-refractivity contribution in [3.05, 3.63) is 40.7 Å². The zero-order valence-corrected chi connectivity index (χ0v) is 15.6. The molecule has 1 atom stereocenters. The first-order valence-electron chi connectivity index (χ1n) is 7.77. The van der Waals surface area contributed by atoms with Crippen LogP contribution in [0.4, 0.5) is 13.2 Å². The zero-order valence-electron chi connectivity index (χ0n) is 13.9. The van der Waals surface area contributed by atoms with E-state index in [2.05, 4.69) is 12.8 Å². The van der Waals surface area contributed by atoms with E-state index in [4.69, 9.17) is 4.84 Å². The molecule has 2 aliphatic rings. The molecule has 0 bridgehead atoms. The van der Waals surface area contributed by atoms with Crippen molar-refractivity contribution in [1.29, 1.82) is 0 Å². The third-order valence-electron chi connectivity index (χ3n) is 4.35. The van der Waals surface area contributed by atoms with Crippen LogP contribution in [0.3, 0.4) is 0 Å². The number of carbonyl (C=O) groups is 1. The van der Waals surface area contributed by atoms with E-state index in [1.54, 1.807) is 6.92 Å². The first-order valence-corrected chi connectivity index (χ1v) is 10.1. The maximum Gasteiger partial charge on any atom is 0.416 e. The van der Waals surface area contributed by atoms with Crippen molar-refractivity contribution in [3.8, 4) is 0 Å². The Kier molecular flexibility index (Phi) is 4.65. The second-order valence-electron chi connectivity index (χ2n) is 6.43. The Labute approximate surface area is 154 Å². The first-order chi connectivity index (χ1) is 11.9. The Morgan fingerprint density at radius 1 is 1.31 bits per heavy atom. The molecule has 1 saturated carbocycles. The molecule has 1 aliphatic heterocycles. The van der Waals surface area contributed by atoms with Crippen LogP contribution in [0.25, 0.3) is 0 Å². The van der Waals surface area contributed by atoms with Crippen molar-refractivity contribution in [2.45, 2.75) is 36.9 Å². The predicted octanol–water partition coefficient (Wildman–Crippen LogP) is 3.44. The van der Waals surface area contributed by atoms with Crippen molar-refractivity contribution in [1.82, 2.24) is 4.47 Å². The number of hydrogen-bond donors (Lipinski definition) is 1. The maximum atomic E-state index is 13.0. The van der Waals surface area contributed by atoms with Crippen LogP contribution >= 0.6 is 12.8 Å². The Morgan fingerprint density at radius 2 is 1.92 bits per heavy atom. The van der Waals surface area contributed by atoms with Gasteiger partial charge in [-0.05, 0) is 38.0 Å². The van der Waals surface area contributed by atoms with Gasteiger partial charge in [0, 0.05) is 17.7 Å². The van der Waals surface area contributed by atoms with Gasteiger partial charge >= 0.3 is 6.18 Å². The van der Waals surface area contributed by atoms with Crippen molar-refractivity contribution in [2.75, 3.05) is 6.26 Å². The van der Waals surface area contributed by atoms with E-state index >= 15 is 0 Å². The van der Waals surface area contributed by atoms with E-state index in [9.17, 15) is 26.4 Å². The molecule has 26 heavy (non-hydrogen) atoms. The van der Waals surface area contributed by atoms with E-state index in [1.807, 2.05) is 0 Å². The van der Waals surface area contributed by atoms with Gasteiger partial charge in [-0.1, -0.05) is 17.3 Å². The summed E-state index contributed by atoms with van der Waals surface area (Å²) in [7, 11) is -4.06. The second-order valence-corrected chi connectivity index (χ2v) is 8.81. The number of Topliss-reactive ketones (excluding diaryl/α,β-unsaturated/α-hetero) is 1. The Morgan fingerprint density at radius 3 is 2.42 bits per heavy atom. The molecule has 0 aromatic heterocycles. The normalized spacial score (nSPS) is 21.8. The summed E-state index contributed by atoms with van der Waals surface area (Å²) in [6, 6.07) is 1.56. The van der Waals surface area contributed by atoms with Crippen LogP contribution in [0, 0.1) is 5.92 Å². The largest absolute Gasteiger partial charge is 0.416 e. The number of rotatable bonds is 4. The lowest BCUT2D eigenvalue weighted by Crippen LogP contribution is -2.23. The number of nitrogens with zero attached hydrogens (tertiary/aromatic N) is 1. The van der Waals surface area contributed by atoms with Crippen LogP contribution in [-0.2, 0) is 20.9 Å². The van der Waals surface area contributed by atoms with Gasteiger partial charge in [-0.25, -0.2) is 8.42 Å². The van der Waals surface area contributed by atoms with Gasteiger partial charge in [-0.3, -0.25) is 4.79 Å². The molecule has 0 spiro atoms. The molecule has 3 rings (SSSR count). The third-order valence-corrected chi connectivity index (χ3v) is 5.92. The highest BCUT2D eigenvalue weighted by atomic mass is 32.2. The summed E-state index contributed by atoms with van der Waals surface area (Å²) in [5.74, 6) is -0.202. The highest BCUT2D eigenvalue weighted by Crippen LogP contribution is 2.45. The van der Waals surface area contributed by atoms with Gasteiger partial charge in [-0.15, -0.1) is 0 Å². The molecular weight excluding hydrogens is 391 g/mol. The maximum absolute atomic E-state index is 13.0. The van der Waals surface area contributed by atoms with Crippen LogP contribution in [0.1, 0.15) is 35.7 Å². The summed E-state index contributed by atoms with van der Waals surface area (Å²) in [4.78, 5) is 17.9. The molecule has 0 amide bonds. The molecule has 1 aliphatic carbocycles. The number of hydrogen-bond acceptors (Lipinski definition) is 6. The minimum atomic E-state index is -4.72. The summed E-state index contributed by atoms with van der Waals surface area (Å²) < 4.78 is 64.1. The van der Waals surface area contributed by atoms with Crippen LogP contribution in [-0.4, -0.2) is 31.0 Å². The number of benzene rings is 1. The Bertz CT molecular complexity index is 905. The average Bonchev–Trinajstić information content (AvgIpc) is 3.32. The monoisotopic (exact) mass is 407 g/mol. The molecule has 1 aromatic rings. The molecule has 1 unspecified atom stereocenters. The first kappa shape index (κ1) is 19.2. The van der Waals surface area contributed by atoms with Crippen molar-refractivity contribution in [3.63, 3.8) is 0 Å². The number of ketones is 1. The summed E-state index contributed by atoms with van der Waals surface area (Å²) in [6.07, 6.45) is -2.29. The van der Waals surface area contributed by atoms with Crippen LogP contribution in [0.2, 0.25) is 0 Å². The second kappa shape index (κ2) is 6.28. The fraction of sp³-hybridized carbons (Fsp3) is 0.438. The molecule has 1 fully saturated rings. The number of thiol groups is 1. The number of sulfone groups is 1. The molecule has 10 heteroatoms. The summed E-state index contributed by atoms with van der Waals surface area (Å²) in [5.41, 5.74) is -1.20. The quantitative estimate of drug-likeness (QED) is 0.612. The number of carbonyl (C=O) groups excluding carboxylic acids is 1. The number of halogens is 3. The van der Waals surface area contributed by atoms with Gasteiger partial charge in [0.15, 0.2) is 15.6 Å². The van der Waals surface area contributed by atoms with Crippen molar-refractivity contribution in [2.24, 2.45) is 5.92 Å². The highest BCUT2D eigenvalue weighted by Gasteiger charge is 2.43. The fourth-order valence-electron chi connectivity index (χ4n) is 2.83. The lowest BCUT2D eigenvalue weighted by molar-refractivity contribution is -0.137. The fourth-order valence-corrected chi connectivity index (χ4v) is 3.93. The topological polar surface area (TPSA) is 63.7 Å². The van der Waals surface area contributed by atoms with E-state index in [0.29, 0.717) is 17.9 Å². The van der Waals surface area contributed by atoms with Gasteiger partial charge in [0.05, 0.1) is 22.1 Å². The van der Waals surface area contributed by atoms with Gasteiger partial charge in [0.1, 0.15) is 5.76 Å². The van der Waals surface area contributed by atoms with E-state index in [0.717, 1.165) is 25.2 Å². The summed E-state index contributed by atoms with van der Waals surface area (Å²) in [6.45, 7) is 1.65. The summed E-state index contributed by atoms with van der Waals surface area (Å²) in [5, 5.41) is 0. The minimum Gasteiger partial charge on any atom is -0.399 e. The Hall–Kier alpha value is -1.52. The molecule has 5 nitrogen and oxygen atoms in total. The lowest BCUT2D eigenvalue weighted by Gasteiger charge is -2.15. The average molecular weight is 407 g/mol. The van der Waals surface area contributed by atoms with E-state index in [-0.39, 0.29) is 17.1 Å². The predicted molar refractivity (Wildman–Crippen MR) is 90.0 cm³/mol. The number of allylic oxidation sites excluding steroid dienone is 1. The minimum absolute atomic E-state index is 0.0460. The lowest BCUT2D eigenvalue weighted by atomic mass is 9.95. The third kappa shape index (κ3) is 3.49. The summed E-state index contributed by atoms with van der Waals surface area (Å²) >= 11 is 4.12. The SMILES string of the molecule is CC1C(C(=O)c2ccc(C(F)(F)F)cc2S(C)(=O)=O)=C(C2CC2)ON1S. The highest BCUT2D eigenvalue weighted by molar-refractivity contribution is 7.90. The molecule has 0 saturated heterocycles. The van der Waals surface area contributed by atoms with Gasteiger partial charge < -0.3 is 4.84 Å². The van der Waals surface area contributed by atoms with Gasteiger partial charge in [0.2, 0.25) is 0 Å². The zero-order chi connectivity index (χ0) is 19.4. The number of alkyl halides is 3. The molecule has 1 aromatic carbocycles. The van der Waals surface area contributed by atoms with Crippen LogP contribution in [0.5, 0.6) is 0 Å².